The lowest BCUT2D eigenvalue weighted by atomic mass is 10.1. The predicted molar refractivity (Wildman–Crippen MR) is 112 cm³/mol. The van der Waals surface area contributed by atoms with Crippen molar-refractivity contribution in [3.63, 3.8) is 0 Å². The lowest BCUT2D eigenvalue weighted by Gasteiger charge is -2.12. The maximum Gasteiger partial charge on any atom is 0.257 e. The van der Waals surface area contributed by atoms with Gasteiger partial charge in [0, 0.05) is 31.0 Å². The van der Waals surface area contributed by atoms with Crippen molar-refractivity contribution in [3.05, 3.63) is 90.3 Å². The Morgan fingerprint density at radius 1 is 0.931 bits per heavy atom. The summed E-state index contributed by atoms with van der Waals surface area (Å²) in [5.41, 5.74) is 1.97. The number of nitrogens with one attached hydrogen (secondary N) is 2. The van der Waals surface area contributed by atoms with E-state index >= 15 is 0 Å². The molecule has 0 bridgehead atoms. The molecule has 0 aliphatic heterocycles. The highest BCUT2D eigenvalue weighted by Gasteiger charge is 2.10. The van der Waals surface area contributed by atoms with E-state index in [1.165, 1.54) is 6.20 Å². The molecule has 29 heavy (non-hydrogen) atoms. The van der Waals surface area contributed by atoms with Crippen molar-refractivity contribution < 1.29 is 14.3 Å². The summed E-state index contributed by atoms with van der Waals surface area (Å²) in [6, 6.07) is 20.3. The first kappa shape index (κ1) is 20.1. The molecule has 0 saturated carbocycles. The van der Waals surface area contributed by atoms with Crippen LogP contribution in [0.4, 0.5) is 5.69 Å². The summed E-state index contributed by atoms with van der Waals surface area (Å²) in [5, 5.41) is 5.76. The number of hydrogen-bond donors (Lipinski definition) is 2. The first-order chi connectivity index (χ1) is 14.2. The van der Waals surface area contributed by atoms with Gasteiger partial charge in [0.2, 0.25) is 5.91 Å². The third-order valence-corrected chi connectivity index (χ3v) is 4.23. The quantitative estimate of drug-likeness (QED) is 0.546. The highest BCUT2D eigenvalue weighted by atomic mass is 16.5. The van der Waals surface area contributed by atoms with E-state index in [2.05, 4.69) is 15.6 Å². The molecule has 0 aliphatic rings. The first-order valence-electron chi connectivity index (χ1n) is 9.46. The standard InChI is InChI=1S/C23H23N3O3/c27-22(13-7-15-29-20-10-2-1-3-11-20)25-17-18-8-4-5-12-21(18)26-23(28)19-9-6-14-24-16-19/h1-6,8-12,14,16H,7,13,15,17H2,(H,25,27)(H,26,28). The average molecular weight is 389 g/mol. The third kappa shape index (κ3) is 6.46. The smallest absolute Gasteiger partial charge is 0.257 e. The Labute approximate surface area is 169 Å². The average Bonchev–Trinajstić information content (AvgIpc) is 2.77. The largest absolute Gasteiger partial charge is 0.494 e. The molecule has 3 rings (SSSR count). The molecule has 3 aromatic rings. The van der Waals surface area contributed by atoms with Gasteiger partial charge >= 0.3 is 0 Å². The van der Waals surface area contributed by atoms with Crippen LogP contribution in [-0.2, 0) is 11.3 Å². The molecule has 0 spiro atoms. The maximum absolute atomic E-state index is 12.3. The van der Waals surface area contributed by atoms with E-state index in [9.17, 15) is 9.59 Å². The predicted octanol–water partition coefficient (Wildman–Crippen LogP) is 3.81. The number of pyridine rings is 1. The Bertz CT molecular complexity index is 930. The number of carbonyl (C=O) groups is 2. The number of aromatic nitrogens is 1. The zero-order chi connectivity index (χ0) is 20.3. The molecule has 1 heterocycles. The topological polar surface area (TPSA) is 80.3 Å². The zero-order valence-corrected chi connectivity index (χ0v) is 16.0. The number of hydrogen-bond acceptors (Lipinski definition) is 4. The molecule has 1 aromatic heterocycles. The Morgan fingerprint density at radius 3 is 2.52 bits per heavy atom. The molecule has 2 aromatic carbocycles. The van der Waals surface area contributed by atoms with E-state index in [4.69, 9.17) is 4.74 Å². The van der Waals surface area contributed by atoms with Gasteiger partial charge in [0.25, 0.3) is 5.91 Å². The molecular weight excluding hydrogens is 366 g/mol. The van der Waals surface area contributed by atoms with Crippen molar-refractivity contribution in [2.45, 2.75) is 19.4 Å². The molecule has 148 valence electrons. The number of ether oxygens (including phenoxy) is 1. The molecule has 0 fully saturated rings. The van der Waals surface area contributed by atoms with Crippen molar-refractivity contribution in [3.8, 4) is 5.75 Å². The first-order valence-corrected chi connectivity index (χ1v) is 9.46. The van der Waals surface area contributed by atoms with Crippen LogP contribution in [0.2, 0.25) is 0 Å². The van der Waals surface area contributed by atoms with E-state index < -0.39 is 0 Å². The van der Waals surface area contributed by atoms with Crippen molar-refractivity contribution in [2.24, 2.45) is 0 Å². The SMILES string of the molecule is O=C(CCCOc1ccccc1)NCc1ccccc1NC(=O)c1cccnc1. The van der Waals surface area contributed by atoms with Crippen molar-refractivity contribution >= 4 is 17.5 Å². The summed E-state index contributed by atoms with van der Waals surface area (Å²) in [4.78, 5) is 28.4. The van der Waals surface area contributed by atoms with Crippen molar-refractivity contribution in [1.82, 2.24) is 10.3 Å². The van der Waals surface area contributed by atoms with E-state index in [0.717, 1.165) is 11.3 Å². The van der Waals surface area contributed by atoms with Crippen LogP contribution in [-0.4, -0.2) is 23.4 Å². The lowest BCUT2D eigenvalue weighted by Crippen LogP contribution is -2.24. The highest BCUT2D eigenvalue weighted by Crippen LogP contribution is 2.16. The summed E-state index contributed by atoms with van der Waals surface area (Å²) in [6.07, 6.45) is 4.12. The van der Waals surface area contributed by atoms with Gasteiger partial charge in [-0.15, -0.1) is 0 Å². The van der Waals surface area contributed by atoms with Crippen molar-refractivity contribution in [2.75, 3.05) is 11.9 Å². The number of amides is 2. The van der Waals surface area contributed by atoms with Crippen LogP contribution in [0.1, 0.15) is 28.8 Å². The Hall–Kier alpha value is -3.67. The molecular formula is C23H23N3O3. The van der Waals surface area contributed by atoms with Gasteiger partial charge in [0.15, 0.2) is 0 Å². The van der Waals surface area contributed by atoms with Crippen molar-refractivity contribution in [1.29, 1.82) is 0 Å². The molecule has 0 atom stereocenters. The highest BCUT2D eigenvalue weighted by molar-refractivity contribution is 6.04. The molecule has 0 unspecified atom stereocenters. The van der Waals surface area contributed by atoms with Crippen LogP contribution in [0.25, 0.3) is 0 Å². The molecule has 6 nitrogen and oxygen atoms in total. The number of benzene rings is 2. The zero-order valence-electron chi connectivity index (χ0n) is 16.0. The van der Waals surface area contributed by atoms with E-state index in [1.54, 1.807) is 18.3 Å². The fraction of sp³-hybridized carbons (Fsp3) is 0.174. The molecule has 0 saturated heterocycles. The minimum absolute atomic E-state index is 0.0601. The molecule has 2 amide bonds. The fourth-order valence-electron chi connectivity index (χ4n) is 2.71. The second-order valence-electron chi connectivity index (χ2n) is 6.39. The summed E-state index contributed by atoms with van der Waals surface area (Å²) in [7, 11) is 0. The number of carbonyl (C=O) groups excluding carboxylic acids is 2. The van der Waals surface area contributed by atoms with Gasteiger partial charge in [-0.1, -0.05) is 36.4 Å². The van der Waals surface area contributed by atoms with Crippen LogP contribution in [0.3, 0.4) is 0 Å². The van der Waals surface area contributed by atoms with Crippen LogP contribution in [0, 0.1) is 0 Å². The molecule has 0 radical (unpaired) electrons. The lowest BCUT2D eigenvalue weighted by molar-refractivity contribution is -0.121. The van der Waals surface area contributed by atoms with Gasteiger partial charge in [-0.3, -0.25) is 14.6 Å². The monoisotopic (exact) mass is 389 g/mol. The van der Waals surface area contributed by atoms with Gasteiger partial charge in [-0.2, -0.15) is 0 Å². The number of nitrogens with zero attached hydrogens (tertiary/aromatic N) is 1. The van der Waals surface area contributed by atoms with Gasteiger partial charge in [0.05, 0.1) is 12.2 Å². The molecule has 0 aliphatic carbocycles. The summed E-state index contributed by atoms with van der Waals surface area (Å²) in [5.74, 6) is 0.496. The Balaban J connectivity index is 1.45. The Morgan fingerprint density at radius 2 is 1.72 bits per heavy atom. The second-order valence-corrected chi connectivity index (χ2v) is 6.39. The molecule has 2 N–H and O–H groups in total. The molecule has 6 heteroatoms. The van der Waals surface area contributed by atoms with E-state index in [-0.39, 0.29) is 11.8 Å². The van der Waals surface area contributed by atoms with E-state index in [0.29, 0.717) is 37.2 Å². The maximum atomic E-state index is 12.3. The van der Waals surface area contributed by atoms with Gasteiger partial charge in [-0.25, -0.2) is 0 Å². The normalized spacial score (nSPS) is 10.2. The third-order valence-electron chi connectivity index (χ3n) is 4.23. The fourth-order valence-corrected chi connectivity index (χ4v) is 2.71. The minimum atomic E-state index is -0.241. The van der Waals surface area contributed by atoms with Crippen LogP contribution < -0.4 is 15.4 Å². The van der Waals surface area contributed by atoms with Crippen LogP contribution in [0.15, 0.2) is 79.1 Å². The number of anilines is 1. The second kappa shape index (κ2) is 10.6. The van der Waals surface area contributed by atoms with E-state index in [1.807, 2.05) is 54.6 Å². The van der Waals surface area contributed by atoms with Gasteiger partial charge in [0.1, 0.15) is 5.75 Å². The summed E-state index contributed by atoms with van der Waals surface area (Å²) >= 11 is 0. The van der Waals surface area contributed by atoms with Gasteiger partial charge in [-0.05, 0) is 42.3 Å². The van der Waals surface area contributed by atoms with Crippen LogP contribution >= 0.6 is 0 Å². The Kier molecular flexibility index (Phi) is 7.34. The number of para-hydroxylation sites is 2. The van der Waals surface area contributed by atoms with Crippen LogP contribution in [0.5, 0.6) is 5.75 Å². The number of rotatable bonds is 9. The minimum Gasteiger partial charge on any atom is -0.494 e. The van der Waals surface area contributed by atoms with Gasteiger partial charge < -0.3 is 15.4 Å². The summed E-state index contributed by atoms with van der Waals surface area (Å²) in [6.45, 7) is 0.817. The summed E-state index contributed by atoms with van der Waals surface area (Å²) < 4.78 is 5.59.